The summed E-state index contributed by atoms with van der Waals surface area (Å²) in [5.41, 5.74) is 4.88. The summed E-state index contributed by atoms with van der Waals surface area (Å²) in [5, 5.41) is 3.26. The highest BCUT2D eigenvalue weighted by atomic mass is 32.2. The second-order valence-electron chi connectivity index (χ2n) is 7.57. The van der Waals surface area contributed by atoms with Crippen LogP contribution in [0.4, 0.5) is 5.69 Å². The quantitative estimate of drug-likeness (QED) is 0.482. The van der Waals surface area contributed by atoms with Crippen LogP contribution in [0.5, 0.6) is 0 Å². The van der Waals surface area contributed by atoms with Gasteiger partial charge in [0.05, 0.1) is 19.0 Å². The first-order chi connectivity index (χ1) is 15.1. The minimum atomic E-state index is -1.21. The molecule has 1 aliphatic carbocycles. The van der Waals surface area contributed by atoms with E-state index in [1.54, 1.807) is 0 Å². The maximum Gasteiger partial charge on any atom is 0.330 e. The van der Waals surface area contributed by atoms with Gasteiger partial charge in [0.25, 0.3) is 0 Å². The number of nitrogens with one attached hydrogen (secondary N) is 1. The minimum Gasteiger partial charge on any atom is -0.468 e. The van der Waals surface area contributed by atoms with Gasteiger partial charge in [0.2, 0.25) is 0 Å². The fourth-order valence-corrected chi connectivity index (χ4v) is 6.65. The number of carbonyl (C=O) groups excluding carboxylic acids is 2. The lowest BCUT2D eigenvalue weighted by Gasteiger charge is -2.28. The van der Waals surface area contributed by atoms with Crippen molar-refractivity contribution in [1.29, 1.82) is 0 Å². The highest BCUT2D eigenvalue weighted by Gasteiger charge is 2.82. The topological polar surface area (TPSA) is 64.6 Å². The van der Waals surface area contributed by atoms with E-state index in [-0.39, 0.29) is 0 Å². The van der Waals surface area contributed by atoms with E-state index in [0.717, 1.165) is 27.9 Å². The highest BCUT2D eigenvalue weighted by molar-refractivity contribution is 8.10. The zero-order chi connectivity index (χ0) is 21.6. The van der Waals surface area contributed by atoms with Crippen LogP contribution in [0.3, 0.4) is 0 Å². The SMILES string of the molecule is COC(=O)[C@H](Nc1ccccc1)[C@@]1(C(=O)OC)SC12c1ccccc1-c1ccccc12. The molecule has 1 spiro atoms. The van der Waals surface area contributed by atoms with E-state index in [0.29, 0.717) is 0 Å². The lowest BCUT2D eigenvalue weighted by molar-refractivity contribution is -0.150. The third kappa shape index (κ3) is 2.58. The van der Waals surface area contributed by atoms with Gasteiger partial charge in [-0.15, -0.1) is 11.8 Å². The van der Waals surface area contributed by atoms with E-state index in [1.807, 2.05) is 66.7 Å². The van der Waals surface area contributed by atoms with Gasteiger partial charge in [-0.3, -0.25) is 4.79 Å². The number of rotatable bonds is 5. The Labute approximate surface area is 184 Å². The molecule has 1 aliphatic heterocycles. The third-order valence-electron chi connectivity index (χ3n) is 6.12. The third-order valence-corrected chi connectivity index (χ3v) is 8.01. The molecule has 0 aromatic heterocycles. The van der Waals surface area contributed by atoms with Crippen molar-refractivity contribution in [3.05, 3.63) is 90.0 Å². The number of thioether (sulfide) groups is 1. The maximum absolute atomic E-state index is 13.4. The molecule has 31 heavy (non-hydrogen) atoms. The zero-order valence-electron chi connectivity index (χ0n) is 17.1. The van der Waals surface area contributed by atoms with Crippen LogP contribution in [0.1, 0.15) is 11.1 Å². The first-order valence-electron chi connectivity index (χ1n) is 9.97. The van der Waals surface area contributed by atoms with Gasteiger partial charge in [-0.2, -0.15) is 0 Å². The summed E-state index contributed by atoms with van der Waals surface area (Å²) in [6.45, 7) is 0. The number of carbonyl (C=O) groups is 2. The number of methoxy groups -OCH3 is 2. The van der Waals surface area contributed by atoms with Gasteiger partial charge in [-0.1, -0.05) is 66.7 Å². The molecule has 5 rings (SSSR count). The Bertz CT molecular complexity index is 1130. The van der Waals surface area contributed by atoms with Crippen LogP contribution < -0.4 is 5.32 Å². The second-order valence-corrected chi connectivity index (χ2v) is 9.03. The van der Waals surface area contributed by atoms with Gasteiger partial charge in [0.1, 0.15) is 0 Å². The number of esters is 2. The number of hydrogen-bond acceptors (Lipinski definition) is 6. The van der Waals surface area contributed by atoms with Gasteiger partial charge < -0.3 is 14.8 Å². The molecule has 5 nitrogen and oxygen atoms in total. The Morgan fingerprint density at radius 2 is 1.35 bits per heavy atom. The summed E-state index contributed by atoms with van der Waals surface area (Å²) < 4.78 is 8.50. The van der Waals surface area contributed by atoms with Gasteiger partial charge in [0, 0.05) is 5.69 Å². The van der Waals surface area contributed by atoms with Crippen LogP contribution in [0.2, 0.25) is 0 Å². The first-order valence-corrected chi connectivity index (χ1v) is 10.8. The van der Waals surface area contributed by atoms with Crippen LogP contribution in [0, 0.1) is 0 Å². The molecule has 0 bridgehead atoms. The molecule has 0 amide bonds. The van der Waals surface area contributed by atoms with Crippen LogP contribution in [-0.4, -0.2) is 36.9 Å². The Morgan fingerprint density at radius 1 is 0.806 bits per heavy atom. The molecule has 1 N–H and O–H groups in total. The molecule has 1 heterocycles. The van der Waals surface area contributed by atoms with Gasteiger partial charge in [-0.05, 0) is 34.4 Å². The molecule has 156 valence electrons. The van der Waals surface area contributed by atoms with Gasteiger partial charge >= 0.3 is 11.9 Å². The van der Waals surface area contributed by atoms with Crippen molar-refractivity contribution in [3.63, 3.8) is 0 Å². The molecule has 6 heteroatoms. The molecule has 0 unspecified atom stereocenters. The van der Waals surface area contributed by atoms with Crippen LogP contribution in [0.15, 0.2) is 78.9 Å². The molecule has 3 aromatic carbocycles. The molecular weight excluding hydrogens is 410 g/mol. The molecule has 2 atom stereocenters. The van der Waals surface area contributed by atoms with Gasteiger partial charge in [0.15, 0.2) is 10.8 Å². The molecular formula is C25H21NO4S. The predicted octanol–water partition coefficient (Wildman–Crippen LogP) is 4.22. The van der Waals surface area contributed by atoms with E-state index < -0.39 is 27.5 Å². The molecule has 1 saturated heterocycles. The number of ether oxygens (including phenoxy) is 2. The minimum absolute atomic E-state index is 0.456. The Hall–Kier alpha value is -3.25. The van der Waals surface area contributed by atoms with Crippen molar-refractivity contribution in [2.45, 2.75) is 15.5 Å². The number of hydrogen-bond donors (Lipinski definition) is 1. The molecule has 0 radical (unpaired) electrons. The number of para-hydroxylation sites is 1. The van der Waals surface area contributed by atoms with Crippen molar-refractivity contribution in [1.82, 2.24) is 0 Å². The molecule has 3 aromatic rings. The Morgan fingerprint density at radius 3 is 1.90 bits per heavy atom. The fraction of sp³-hybridized carbons (Fsp3) is 0.200. The predicted molar refractivity (Wildman–Crippen MR) is 121 cm³/mol. The van der Waals surface area contributed by atoms with Crippen LogP contribution >= 0.6 is 11.8 Å². The van der Waals surface area contributed by atoms with Crippen molar-refractivity contribution in [2.75, 3.05) is 19.5 Å². The summed E-state index contributed by atoms with van der Waals surface area (Å²) in [5.74, 6) is -0.969. The average molecular weight is 432 g/mol. The average Bonchev–Trinajstić information content (AvgIpc) is 3.45. The first kappa shape index (κ1) is 19.7. The zero-order valence-corrected chi connectivity index (χ0v) is 17.9. The summed E-state index contributed by atoms with van der Waals surface area (Å²) >= 11 is 1.45. The monoisotopic (exact) mass is 431 g/mol. The number of fused-ring (bicyclic) bond motifs is 5. The highest BCUT2D eigenvalue weighted by Crippen LogP contribution is 2.79. The standard InChI is InChI=1S/C25H21NO4S/c1-29-22(27)21(26-16-10-4-3-5-11-16)25(23(28)30-2)24(31-25)19-14-8-6-12-17(19)18-13-7-9-15-20(18)24/h3-15,21,26H,1-2H3/t21-,25-/m0/s1. The Kier molecular flexibility index (Phi) is 4.55. The summed E-state index contributed by atoms with van der Waals surface area (Å²) in [6.07, 6.45) is 0. The smallest absolute Gasteiger partial charge is 0.330 e. The van der Waals surface area contributed by atoms with Crippen molar-refractivity contribution in [2.24, 2.45) is 0 Å². The van der Waals surface area contributed by atoms with Crippen molar-refractivity contribution in [3.8, 4) is 11.1 Å². The molecule has 1 fully saturated rings. The summed E-state index contributed by atoms with van der Waals surface area (Å²) in [7, 11) is 2.70. The van der Waals surface area contributed by atoms with E-state index in [4.69, 9.17) is 9.47 Å². The van der Waals surface area contributed by atoms with E-state index in [9.17, 15) is 9.59 Å². The Balaban J connectivity index is 1.73. The molecule has 0 saturated carbocycles. The van der Waals surface area contributed by atoms with Crippen LogP contribution in [-0.2, 0) is 23.8 Å². The lowest BCUT2D eigenvalue weighted by atomic mass is 9.79. The number of benzene rings is 3. The van der Waals surface area contributed by atoms with E-state index >= 15 is 0 Å². The molecule has 2 aliphatic rings. The number of anilines is 1. The second kappa shape index (κ2) is 7.17. The lowest BCUT2D eigenvalue weighted by Crippen LogP contribution is -2.52. The van der Waals surface area contributed by atoms with Crippen molar-refractivity contribution < 1.29 is 19.1 Å². The van der Waals surface area contributed by atoms with E-state index in [2.05, 4.69) is 17.4 Å². The normalized spacial score (nSPS) is 20.3. The summed E-state index contributed by atoms with van der Waals surface area (Å²) in [6, 6.07) is 24.5. The largest absolute Gasteiger partial charge is 0.468 e. The fourth-order valence-electron chi connectivity index (χ4n) is 4.78. The van der Waals surface area contributed by atoms with Gasteiger partial charge in [-0.25, -0.2) is 4.79 Å². The maximum atomic E-state index is 13.4. The van der Waals surface area contributed by atoms with E-state index in [1.165, 1.54) is 26.0 Å². The van der Waals surface area contributed by atoms with Crippen LogP contribution in [0.25, 0.3) is 11.1 Å². The summed E-state index contributed by atoms with van der Waals surface area (Å²) in [4.78, 5) is 26.5. The van der Waals surface area contributed by atoms with Crippen molar-refractivity contribution >= 4 is 29.4 Å².